The van der Waals surface area contributed by atoms with Crippen LogP contribution in [0.1, 0.15) is 26.2 Å². The molecule has 96 valence electrons. The van der Waals surface area contributed by atoms with E-state index in [4.69, 9.17) is 20.4 Å². The first-order chi connectivity index (χ1) is 7.49. The third-order valence-electron chi connectivity index (χ3n) is 1.90. The van der Waals surface area contributed by atoms with Crippen LogP contribution < -0.4 is 0 Å². The molecule has 0 heterocycles. The Morgan fingerprint density at radius 1 is 1.19 bits per heavy atom. The number of carboxylic acids is 1. The Morgan fingerprint density at radius 3 is 1.88 bits per heavy atom. The molecular weight excluding hydrogens is 212 g/mol. The molecular formula is C11H22O5. The van der Waals surface area contributed by atoms with Crippen molar-refractivity contribution in [2.75, 3.05) is 19.8 Å². The minimum atomic E-state index is -0.935. The van der Waals surface area contributed by atoms with Crippen LogP contribution >= 0.6 is 0 Å². The number of aliphatic hydroxyl groups excluding tert-OH is 3. The van der Waals surface area contributed by atoms with E-state index in [2.05, 4.69) is 6.58 Å². The summed E-state index contributed by atoms with van der Waals surface area (Å²) >= 11 is 0. The average Bonchev–Trinajstić information content (AvgIpc) is 2.25. The topological polar surface area (TPSA) is 98.0 Å². The average molecular weight is 234 g/mol. The summed E-state index contributed by atoms with van der Waals surface area (Å²) in [6, 6.07) is 0. The van der Waals surface area contributed by atoms with E-state index in [0.29, 0.717) is 0 Å². The standard InChI is InChI=1S/C7H16O3.C4H6O2/c8-4-2-1-3-7(5-9)6-10;1-3(2)4(5)6/h7-10H,1-6H2;1H2,2H3,(H,5,6). The predicted octanol–water partition coefficient (Wildman–Crippen LogP) is 0.397. The molecule has 0 aromatic carbocycles. The van der Waals surface area contributed by atoms with Crippen molar-refractivity contribution in [1.29, 1.82) is 0 Å². The van der Waals surface area contributed by atoms with Crippen LogP contribution in [0.2, 0.25) is 0 Å². The summed E-state index contributed by atoms with van der Waals surface area (Å²) in [7, 11) is 0. The zero-order valence-corrected chi connectivity index (χ0v) is 9.72. The largest absolute Gasteiger partial charge is 0.478 e. The van der Waals surface area contributed by atoms with Gasteiger partial charge in [-0.25, -0.2) is 4.79 Å². The Hall–Kier alpha value is -0.910. The highest BCUT2D eigenvalue weighted by Gasteiger charge is 2.03. The lowest BCUT2D eigenvalue weighted by Crippen LogP contribution is -2.10. The molecule has 5 heteroatoms. The summed E-state index contributed by atoms with van der Waals surface area (Å²) in [6.45, 7) is 4.89. The number of unbranched alkanes of at least 4 members (excludes halogenated alkanes) is 1. The Kier molecular flexibility index (Phi) is 13.3. The van der Waals surface area contributed by atoms with Crippen LogP contribution in [0, 0.1) is 5.92 Å². The van der Waals surface area contributed by atoms with Gasteiger partial charge in [-0.05, 0) is 19.8 Å². The van der Waals surface area contributed by atoms with Crippen LogP contribution in [0.4, 0.5) is 0 Å². The van der Waals surface area contributed by atoms with Crippen LogP contribution in [-0.2, 0) is 4.79 Å². The number of aliphatic hydroxyl groups is 3. The lowest BCUT2D eigenvalue weighted by molar-refractivity contribution is -0.132. The van der Waals surface area contributed by atoms with Gasteiger partial charge in [0.05, 0.1) is 0 Å². The molecule has 16 heavy (non-hydrogen) atoms. The summed E-state index contributed by atoms with van der Waals surface area (Å²) in [5, 5.41) is 33.5. The summed E-state index contributed by atoms with van der Waals surface area (Å²) in [4.78, 5) is 9.60. The van der Waals surface area contributed by atoms with E-state index in [1.165, 1.54) is 6.92 Å². The van der Waals surface area contributed by atoms with Gasteiger partial charge in [0.15, 0.2) is 0 Å². The van der Waals surface area contributed by atoms with Crippen LogP contribution in [0.15, 0.2) is 12.2 Å². The summed E-state index contributed by atoms with van der Waals surface area (Å²) in [5.41, 5.74) is 0.176. The fourth-order valence-corrected chi connectivity index (χ4v) is 0.785. The maximum atomic E-state index is 9.60. The van der Waals surface area contributed by atoms with Crippen molar-refractivity contribution < 1.29 is 25.2 Å². The van der Waals surface area contributed by atoms with Gasteiger partial charge < -0.3 is 20.4 Å². The second kappa shape index (κ2) is 12.2. The molecule has 0 amide bonds. The Bertz CT molecular complexity index is 175. The van der Waals surface area contributed by atoms with Crippen molar-refractivity contribution in [1.82, 2.24) is 0 Å². The van der Waals surface area contributed by atoms with Crippen LogP contribution in [0.5, 0.6) is 0 Å². The smallest absolute Gasteiger partial charge is 0.330 e. The number of carbonyl (C=O) groups is 1. The summed E-state index contributed by atoms with van der Waals surface area (Å²) in [5.74, 6) is -0.929. The van der Waals surface area contributed by atoms with Crippen molar-refractivity contribution in [3.05, 3.63) is 12.2 Å². The Labute approximate surface area is 96.0 Å². The third kappa shape index (κ3) is 13.1. The van der Waals surface area contributed by atoms with E-state index in [9.17, 15) is 4.79 Å². The molecule has 0 aliphatic heterocycles. The van der Waals surface area contributed by atoms with Crippen molar-refractivity contribution in [3.63, 3.8) is 0 Å². The molecule has 0 atom stereocenters. The minimum absolute atomic E-state index is 0.00606. The highest BCUT2D eigenvalue weighted by molar-refractivity contribution is 5.84. The minimum Gasteiger partial charge on any atom is -0.478 e. The van der Waals surface area contributed by atoms with E-state index >= 15 is 0 Å². The lowest BCUT2D eigenvalue weighted by Gasteiger charge is -2.08. The maximum absolute atomic E-state index is 9.60. The number of hydrogen-bond acceptors (Lipinski definition) is 4. The van der Waals surface area contributed by atoms with Crippen molar-refractivity contribution >= 4 is 5.97 Å². The molecule has 0 aromatic rings. The van der Waals surface area contributed by atoms with E-state index in [1.807, 2.05) is 0 Å². The first-order valence-corrected chi connectivity index (χ1v) is 5.20. The van der Waals surface area contributed by atoms with Crippen molar-refractivity contribution in [2.24, 2.45) is 5.92 Å². The van der Waals surface area contributed by atoms with Gasteiger partial charge >= 0.3 is 5.97 Å². The molecule has 0 saturated heterocycles. The van der Waals surface area contributed by atoms with Gasteiger partial charge in [0.1, 0.15) is 0 Å². The second-order valence-corrected chi connectivity index (χ2v) is 3.54. The SMILES string of the molecule is C=C(C)C(=O)O.OCCCCC(CO)CO. The molecule has 0 aliphatic carbocycles. The summed E-state index contributed by atoms with van der Waals surface area (Å²) < 4.78 is 0. The van der Waals surface area contributed by atoms with Gasteiger partial charge in [0.25, 0.3) is 0 Å². The Morgan fingerprint density at radius 2 is 1.62 bits per heavy atom. The Balaban J connectivity index is 0. The zero-order chi connectivity index (χ0) is 13.0. The van der Waals surface area contributed by atoms with Gasteiger partial charge in [-0.1, -0.05) is 13.0 Å². The molecule has 0 aliphatic rings. The quantitative estimate of drug-likeness (QED) is 0.377. The molecule has 0 unspecified atom stereocenters. The van der Waals surface area contributed by atoms with Gasteiger partial charge in [-0.2, -0.15) is 0 Å². The lowest BCUT2D eigenvalue weighted by atomic mass is 10.0. The van der Waals surface area contributed by atoms with Crippen molar-refractivity contribution in [3.8, 4) is 0 Å². The fraction of sp³-hybridized carbons (Fsp3) is 0.727. The molecule has 0 bridgehead atoms. The number of hydrogen-bond donors (Lipinski definition) is 4. The van der Waals surface area contributed by atoms with Crippen LogP contribution in [0.3, 0.4) is 0 Å². The van der Waals surface area contributed by atoms with Crippen LogP contribution in [0.25, 0.3) is 0 Å². The summed E-state index contributed by atoms with van der Waals surface area (Å²) in [6.07, 6.45) is 2.44. The maximum Gasteiger partial charge on any atom is 0.330 e. The second-order valence-electron chi connectivity index (χ2n) is 3.54. The van der Waals surface area contributed by atoms with E-state index in [0.717, 1.165) is 19.3 Å². The van der Waals surface area contributed by atoms with E-state index < -0.39 is 5.97 Å². The van der Waals surface area contributed by atoms with Gasteiger partial charge in [0.2, 0.25) is 0 Å². The fourth-order valence-electron chi connectivity index (χ4n) is 0.785. The third-order valence-corrected chi connectivity index (χ3v) is 1.90. The molecule has 0 radical (unpaired) electrons. The molecule has 4 N–H and O–H groups in total. The zero-order valence-electron chi connectivity index (χ0n) is 9.72. The van der Waals surface area contributed by atoms with Gasteiger partial charge in [-0.3, -0.25) is 0 Å². The molecule has 0 fully saturated rings. The van der Waals surface area contributed by atoms with Gasteiger partial charge in [0, 0.05) is 31.3 Å². The van der Waals surface area contributed by atoms with Gasteiger partial charge in [-0.15, -0.1) is 0 Å². The number of carboxylic acid groups (broad SMARTS) is 1. The highest BCUT2D eigenvalue weighted by Crippen LogP contribution is 2.05. The first kappa shape index (κ1) is 17.5. The normalized spacial score (nSPS) is 9.56. The molecule has 0 spiro atoms. The number of aliphatic carboxylic acids is 1. The molecule has 0 aromatic heterocycles. The number of rotatable bonds is 7. The van der Waals surface area contributed by atoms with Crippen LogP contribution in [-0.4, -0.2) is 46.2 Å². The van der Waals surface area contributed by atoms with Crippen molar-refractivity contribution in [2.45, 2.75) is 26.2 Å². The monoisotopic (exact) mass is 234 g/mol. The highest BCUT2D eigenvalue weighted by atomic mass is 16.4. The predicted molar refractivity (Wildman–Crippen MR) is 61.0 cm³/mol. The van der Waals surface area contributed by atoms with E-state index in [-0.39, 0.29) is 31.3 Å². The molecule has 0 rings (SSSR count). The first-order valence-electron chi connectivity index (χ1n) is 5.20. The molecule has 0 saturated carbocycles. The van der Waals surface area contributed by atoms with E-state index in [1.54, 1.807) is 0 Å². The molecule has 5 nitrogen and oxygen atoms in total.